The molecule has 10 aromatic rings. The van der Waals surface area contributed by atoms with E-state index < -0.39 is 16.3 Å². The molecule has 10 rings (SSSR count). The maximum absolute atomic E-state index is 14.6. The molecule has 320 valence electrons. The average molecular weight is 875 g/mol. The quantitative estimate of drug-likeness (QED) is 0.0788. The minimum absolute atomic E-state index is 0.124. The van der Waals surface area contributed by atoms with Crippen molar-refractivity contribution in [3.63, 3.8) is 0 Å². The van der Waals surface area contributed by atoms with E-state index in [1.165, 1.54) is 11.8 Å². The second kappa shape index (κ2) is 19.0. The Hall–Kier alpha value is -8.07. The van der Waals surface area contributed by atoms with Crippen LogP contribution >= 0.6 is 11.8 Å². The molecule has 0 aliphatic carbocycles. The zero-order chi connectivity index (χ0) is 44.6. The highest BCUT2D eigenvalue weighted by Gasteiger charge is 2.43. The van der Waals surface area contributed by atoms with Gasteiger partial charge in [0.2, 0.25) is 5.91 Å². The van der Waals surface area contributed by atoms with Gasteiger partial charge in [-0.2, -0.15) is 0 Å². The van der Waals surface area contributed by atoms with Crippen LogP contribution in [0.3, 0.4) is 0 Å². The third-order valence-electron chi connectivity index (χ3n) is 12.1. The number of thioether (sulfide) groups is 1. The van der Waals surface area contributed by atoms with Crippen molar-refractivity contribution in [3.05, 3.63) is 293 Å². The van der Waals surface area contributed by atoms with E-state index in [1.54, 1.807) is 0 Å². The molecule has 2 heterocycles. The Balaban J connectivity index is 1.24. The van der Waals surface area contributed by atoms with Gasteiger partial charge in [-0.1, -0.05) is 248 Å². The summed E-state index contributed by atoms with van der Waals surface area (Å²) in [6.45, 7) is 0.389. The van der Waals surface area contributed by atoms with Crippen LogP contribution in [0.4, 0.5) is 5.82 Å². The number of rotatable bonds is 15. The Morgan fingerprint density at radius 1 is 0.515 bits per heavy atom. The molecule has 8 aromatic carbocycles. The summed E-state index contributed by atoms with van der Waals surface area (Å²) in [5.41, 5.74) is 7.09. The first-order valence-electron chi connectivity index (χ1n) is 22.1. The zero-order valence-corrected chi connectivity index (χ0v) is 36.9. The third kappa shape index (κ3) is 8.03. The normalized spacial score (nSPS) is 12.1. The molecule has 0 aliphatic heterocycles. The van der Waals surface area contributed by atoms with Crippen LogP contribution in [0.15, 0.2) is 254 Å². The number of nitrogens with zero attached hydrogens (tertiary/aromatic N) is 4. The highest BCUT2D eigenvalue weighted by atomic mass is 32.2. The first kappa shape index (κ1) is 41.9. The van der Waals surface area contributed by atoms with Gasteiger partial charge in [0, 0.05) is 11.4 Å². The van der Waals surface area contributed by atoms with Crippen LogP contribution in [0.25, 0.3) is 11.2 Å². The van der Waals surface area contributed by atoms with E-state index in [-0.39, 0.29) is 5.91 Å². The largest absolute Gasteiger partial charge is 0.353 e. The van der Waals surface area contributed by atoms with E-state index in [0.29, 0.717) is 23.5 Å². The Labute approximate surface area is 389 Å². The molecule has 1 amide bonds. The van der Waals surface area contributed by atoms with Crippen LogP contribution in [-0.2, 0) is 22.4 Å². The van der Waals surface area contributed by atoms with Gasteiger partial charge in [0.1, 0.15) is 27.7 Å². The summed E-state index contributed by atoms with van der Waals surface area (Å²) in [6.07, 6.45) is 0. The molecule has 0 spiro atoms. The van der Waals surface area contributed by atoms with Crippen molar-refractivity contribution in [2.45, 2.75) is 27.8 Å². The standard InChI is InChI=1S/C58H46N6OS/c65-56(59-42-43-25-9-1-10-26-43)54(44-27-11-2-12-28-44)66-51-41-52(61-57(45-29-13-3-14-30-45,46-31-15-4-16-32-46)47-33-17-5-18-34-47)60-55-53(51)62-63-64(55)58(48-35-19-6-20-36-48,49-37-21-7-22-38-49)50-39-23-8-24-40-50/h1-41,54H,42H2,(H,59,65)(H,60,61). The lowest BCUT2D eigenvalue weighted by Crippen LogP contribution is -2.39. The molecule has 0 aliphatic rings. The van der Waals surface area contributed by atoms with Gasteiger partial charge in [-0.3, -0.25) is 4.79 Å². The van der Waals surface area contributed by atoms with Gasteiger partial charge in [0.05, 0.1) is 0 Å². The smallest absolute Gasteiger partial charge is 0.238 e. The van der Waals surface area contributed by atoms with Crippen molar-refractivity contribution in [2.75, 3.05) is 5.32 Å². The number of benzene rings is 8. The second-order valence-electron chi connectivity index (χ2n) is 16.1. The van der Waals surface area contributed by atoms with Gasteiger partial charge >= 0.3 is 0 Å². The number of aromatic nitrogens is 4. The highest BCUT2D eigenvalue weighted by molar-refractivity contribution is 8.00. The minimum atomic E-state index is -1.02. The Bertz CT molecular complexity index is 2950. The van der Waals surface area contributed by atoms with Crippen LogP contribution in [-0.4, -0.2) is 25.9 Å². The van der Waals surface area contributed by atoms with Crippen LogP contribution in [0.5, 0.6) is 0 Å². The number of carbonyl (C=O) groups is 1. The predicted octanol–water partition coefficient (Wildman–Crippen LogP) is 12.2. The fourth-order valence-corrected chi connectivity index (χ4v) is 10.2. The summed E-state index contributed by atoms with van der Waals surface area (Å²) >= 11 is 1.45. The number of nitrogens with one attached hydrogen (secondary N) is 2. The van der Waals surface area contributed by atoms with Crippen molar-refractivity contribution in [2.24, 2.45) is 0 Å². The number of fused-ring (bicyclic) bond motifs is 1. The van der Waals surface area contributed by atoms with Gasteiger partial charge in [0.15, 0.2) is 5.65 Å². The molecule has 0 radical (unpaired) electrons. The summed E-state index contributed by atoms with van der Waals surface area (Å²) in [5, 5.41) is 16.8. The zero-order valence-electron chi connectivity index (χ0n) is 36.1. The van der Waals surface area contributed by atoms with Crippen LogP contribution in [0.1, 0.15) is 49.8 Å². The monoisotopic (exact) mass is 874 g/mol. The predicted molar refractivity (Wildman–Crippen MR) is 266 cm³/mol. The fourth-order valence-electron chi connectivity index (χ4n) is 9.04. The van der Waals surface area contributed by atoms with Crippen LogP contribution in [0.2, 0.25) is 0 Å². The van der Waals surface area contributed by atoms with Crippen LogP contribution < -0.4 is 10.6 Å². The minimum Gasteiger partial charge on any atom is -0.353 e. The summed E-state index contributed by atoms with van der Waals surface area (Å²) in [6, 6.07) is 84.7. The summed E-state index contributed by atoms with van der Waals surface area (Å²) in [4.78, 5) is 21.0. The number of pyridine rings is 1. The number of carbonyl (C=O) groups excluding carboxylic acids is 1. The van der Waals surface area contributed by atoms with Gasteiger partial charge in [-0.05, 0) is 50.6 Å². The van der Waals surface area contributed by atoms with Gasteiger partial charge < -0.3 is 10.6 Å². The van der Waals surface area contributed by atoms with Gasteiger partial charge in [-0.15, -0.1) is 16.9 Å². The van der Waals surface area contributed by atoms with Crippen molar-refractivity contribution < 1.29 is 4.79 Å². The number of amides is 1. The molecule has 0 fully saturated rings. The van der Waals surface area contributed by atoms with E-state index in [4.69, 9.17) is 15.3 Å². The average Bonchev–Trinajstić information content (AvgIpc) is 3.83. The first-order chi connectivity index (χ1) is 32.6. The van der Waals surface area contributed by atoms with Gasteiger partial charge in [0.25, 0.3) is 0 Å². The lowest BCUT2D eigenvalue weighted by Gasteiger charge is -2.38. The molecule has 0 bridgehead atoms. The SMILES string of the molecule is O=C(NCc1ccccc1)C(Sc1cc(NC(c2ccccc2)(c2ccccc2)c2ccccc2)nc2c1nnn2C(c1ccccc1)(c1ccccc1)c1ccccc1)c1ccccc1. The van der Waals surface area contributed by atoms with E-state index in [2.05, 4.69) is 156 Å². The van der Waals surface area contributed by atoms with E-state index in [9.17, 15) is 4.79 Å². The van der Waals surface area contributed by atoms with Crippen LogP contribution in [0, 0.1) is 0 Å². The summed E-state index contributed by atoms with van der Waals surface area (Å²) in [5.74, 6) is 0.450. The van der Waals surface area contributed by atoms with Crippen molar-refractivity contribution >= 4 is 34.7 Å². The van der Waals surface area contributed by atoms with Crippen molar-refractivity contribution in [1.29, 1.82) is 0 Å². The summed E-state index contributed by atoms with van der Waals surface area (Å²) in [7, 11) is 0. The van der Waals surface area contributed by atoms with E-state index in [1.807, 2.05) is 108 Å². The third-order valence-corrected chi connectivity index (χ3v) is 13.4. The van der Waals surface area contributed by atoms with Crippen molar-refractivity contribution in [3.8, 4) is 0 Å². The molecule has 8 heteroatoms. The second-order valence-corrected chi connectivity index (χ2v) is 17.2. The fraction of sp³-hybridized carbons (Fsp3) is 0.0690. The number of anilines is 1. The van der Waals surface area contributed by atoms with Gasteiger partial charge in [-0.25, -0.2) is 9.67 Å². The molecule has 0 saturated heterocycles. The molecule has 1 unspecified atom stereocenters. The Morgan fingerprint density at radius 2 is 0.909 bits per heavy atom. The Kier molecular flexibility index (Phi) is 12.0. The Morgan fingerprint density at radius 3 is 1.35 bits per heavy atom. The summed E-state index contributed by atoms with van der Waals surface area (Å²) < 4.78 is 1.97. The molecular formula is C58H46N6OS. The topological polar surface area (TPSA) is 84.7 Å². The molecule has 2 aromatic heterocycles. The first-order valence-corrected chi connectivity index (χ1v) is 22.9. The molecule has 2 N–H and O–H groups in total. The maximum Gasteiger partial charge on any atom is 0.238 e. The highest BCUT2D eigenvalue weighted by Crippen LogP contribution is 2.46. The molecular weight excluding hydrogens is 829 g/mol. The lowest BCUT2D eigenvalue weighted by atomic mass is 9.77. The molecule has 0 saturated carbocycles. The van der Waals surface area contributed by atoms with E-state index in [0.717, 1.165) is 49.4 Å². The van der Waals surface area contributed by atoms with E-state index >= 15 is 0 Å². The van der Waals surface area contributed by atoms with Crippen molar-refractivity contribution in [1.82, 2.24) is 25.3 Å². The lowest BCUT2D eigenvalue weighted by molar-refractivity contribution is -0.120. The molecule has 1 atom stereocenters. The maximum atomic E-state index is 14.6. The molecule has 66 heavy (non-hydrogen) atoms. The number of hydrogen-bond donors (Lipinski definition) is 2. The number of hydrogen-bond acceptors (Lipinski definition) is 6. The molecule has 7 nitrogen and oxygen atoms in total.